The fraction of sp³-hybridized carbons (Fsp3) is 1.00. The summed E-state index contributed by atoms with van der Waals surface area (Å²) >= 11 is 0. The van der Waals surface area contributed by atoms with Crippen molar-refractivity contribution in [3.63, 3.8) is 0 Å². The summed E-state index contributed by atoms with van der Waals surface area (Å²) in [5.74, 6) is 4.39. The molecule has 2 bridgehead atoms. The SMILES string of the molecule is CCCCC12CCC([C@H]3CC[C@H]([C@H]4CC[C@H](CC)CC4)CC3)(CC1)CC2. The summed E-state index contributed by atoms with van der Waals surface area (Å²) in [7, 11) is 0. The van der Waals surface area contributed by atoms with Crippen LogP contribution in [0.4, 0.5) is 0 Å². The highest BCUT2D eigenvalue weighted by Crippen LogP contribution is 2.63. The van der Waals surface area contributed by atoms with Gasteiger partial charge in [0.1, 0.15) is 0 Å². The summed E-state index contributed by atoms with van der Waals surface area (Å²) in [6.45, 7) is 4.78. The van der Waals surface area contributed by atoms with Gasteiger partial charge in [-0.2, -0.15) is 0 Å². The fourth-order valence-corrected chi connectivity index (χ4v) is 8.10. The number of fused-ring (bicyclic) bond motifs is 3. The van der Waals surface area contributed by atoms with Crippen LogP contribution in [-0.4, -0.2) is 0 Å². The predicted octanol–water partition coefficient (Wildman–Crippen LogP) is 8.54. The van der Waals surface area contributed by atoms with Crippen molar-refractivity contribution >= 4 is 0 Å². The van der Waals surface area contributed by atoms with Crippen molar-refractivity contribution in [1.82, 2.24) is 0 Å². The van der Waals surface area contributed by atoms with Crippen LogP contribution in [0.1, 0.15) is 129 Å². The lowest BCUT2D eigenvalue weighted by Gasteiger charge is -2.58. The molecule has 5 aliphatic carbocycles. The van der Waals surface area contributed by atoms with Crippen LogP contribution in [-0.2, 0) is 0 Å². The van der Waals surface area contributed by atoms with Crippen molar-refractivity contribution in [2.75, 3.05) is 0 Å². The van der Waals surface area contributed by atoms with Gasteiger partial charge < -0.3 is 0 Å². The molecule has 0 amide bonds. The Bertz CT molecular complexity index is 408. The number of hydrogen-bond donors (Lipinski definition) is 0. The third-order valence-corrected chi connectivity index (χ3v) is 10.3. The molecule has 5 rings (SSSR count). The van der Waals surface area contributed by atoms with Gasteiger partial charge >= 0.3 is 0 Å². The van der Waals surface area contributed by atoms with E-state index in [1.165, 1.54) is 19.3 Å². The molecule has 0 aromatic rings. The molecule has 0 radical (unpaired) electrons. The van der Waals surface area contributed by atoms with Crippen LogP contribution < -0.4 is 0 Å². The molecular formula is C26H46. The third-order valence-electron chi connectivity index (χ3n) is 10.3. The van der Waals surface area contributed by atoms with Gasteiger partial charge in [-0.15, -0.1) is 0 Å². The highest BCUT2D eigenvalue weighted by Gasteiger charge is 2.51. The van der Waals surface area contributed by atoms with Crippen LogP contribution in [0.5, 0.6) is 0 Å². The molecule has 0 heteroatoms. The lowest BCUT2D eigenvalue weighted by molar-refractivity contribution is -0.0678. The van der Waals surface area contributed by atoms with E-state index in [4.69, 9.17) is 0 Å². The van der Waals surface area contributed by atoms with Gasteiger partial charge in [0.25, 0.3) is 0 Å². The largest absolute Gasteiger partial charge is 0.0654 e. The van der Waals surface area contributed by atoms with Crippen LogP contribution >= 0.6 is 0 Å². The van der Waals surface area contributed by atoms with Gasteiger partial charge in [0.05, 0.1) is 0 Å². The lowest BCUT2D eigenvalue weighted by Crippen LogP contribution is -2.46. The monoisotopic (exact) mass is 358 g/mol. The molecule has 0 aromatic carbocycles. The second-order valence-electron chi connectivity index (χ2n) is 11.3. The quantitative estimate of drug-likeness (QED) is 0.446. The average Bonchev–Trinajstić information content (AvgIpc) is 2.74. The Balaban J connectivity index is 1.27. The van der Waals surface area contributed by atoms with Crippen molar-refractivity contribution in [2.24, 2.45) is 34.5 Å². The van der Waals surface area contributed by atoms with E-state index in [0.29, 0.717) is 0 Å². The predicted molar refractivity (Wildman–Crippen MR) is 113 cm³/mol. The van der Waals surface area contributed by atoms with Gasteiger partial charge in [0.15, 0.2) is 0 Å². The maximum Gasteiger partial charge on any atom is -0.0269 e. The second kappa shape index (κ2) is 8.16. The molecule has 0 N–H and O–H groups in total. The Kier molecular flexibility index (Phi) is 6.07. The Morgan fingerprint density at radius 1 is 0.654 bits per heavy atom. The zero-order chi connectivity index (χ0) is 18.0. The first-order valence-corrected chi connectivity index (χ1v) is 12.7. The molecule has 0 nitrogen and oxygen atoms in total. The first kappa shape index (κ1) is 19.3. The Labute approximate surface area is 164 Å². The summed E-state index contributed by atoms with van der Waals surface area (Å²) < 4.78 is 0. The number of rotatable bonds is 6. The molecule has 0 spiro atoms. The number of unbranched alkanes of at least 4 members (excludes halogenated alkanes) is 1. The Morgan fingerprint density at radius 2 is 1.19 bits per heavy atom. The Hall–Kier alpha value is 0. The first-order chi connectivity index (χ1) is 12.7. The van der Waals surface area contributed by atoms with E-state index in [-0.39, 0.29) is 0 Å². The summed E-state index contributed by atoms with van der Waals surface area (Å²) in [4.78, 5) is 0. The van der Waals surface area contributed by atoms with Gasteiger partial charge in [-0.3, -0.25) is 0 Å². The van der Waals surface area contributed by atoms with Gasteiger partial charge in [0.2, 0.25) is 0 Å². The van der Waals surface area contributed by atoms with Crippen LogP contribution in [0.2, 0.25) is 0 Å². The molecule has 26 heavy (non-hydrogen) atoms. The van der Waals surface area contributed by atoms with E-state index in [9.17, 15) is 0 Å². The molecule has 0 heterocycles. The molecule has 0 aliphatic heterocycles. The van der Waals surface area contributed by atoms with Crippen LogP contribution in [0, 0.1) is 34.5 Å². The molecule has 5 saturated carbocycles. The van der Waals surface area contributed by atoms with Gasteiger partial charge in [-0.1, -0.05) is 46.0 Å². The number of hydrogen-bond acceptors (Lipinski definition) is 0. The van der Waals surface area contributed by atoms with E-state index in [0.717, 1.165) is 34.5 Å². The maximum absolute atomic E-state index is 2.40. The van der Waals surface area contributed by atoms with E-state index >= 15 is 0 Å². The molecular weight excluding hydrogens is 312 g/mol. The maximum atomic E-state index is 2.40. The Morgan fingerprint density at radius 3 is 1.69 bits per heavy atom. The summed E-state index contributed by atoms with van der Waals surface area (Å²) in [6, 6.07) is 0. The topological polar surface area (TPSA) is 0 Å². The molecule has 0 unspecified atom stereocenters. The van der Waals surface area contributed by atoms with Crippen LogP contribution in [0.3, 0.4) is 0 Å². The summed E-state index contributed by atoms with van der Waals surface area (Å²) in [6.07, 6.45) is 28.1. The van der Waals surface area contributed by atoms with Gasteiger partial charge in [-0.25, -0.2) is 0 Å². The molecule has 150 valence electrons. The van der Waals surface area contributed by atoms with Gasteiger partial charge in [0, 0.05) is 0 Å². The smallest absolute Gasteiger partial charge is 0.0269 e. The first-order valence-electron chi connectivity index (χ1n) is 12.7. The van der Waals surface area contributed by atoms with Crippen molar-refractivity contribution in [1.29, 1.82) is 0 Å². The second-order valence-corrected chi connectivity index (χ2v) is 11.3. The van der Waals surface area contributed by atoms with Gasteiger partial charge in [-0.05, 0) is 118 Å². The highest BCUT2D eigenvalue weighted by atomic mass is 14.6. The lowest BCUT2D eigenvalue weighted by atomic mass is 9.47. The molecule has 5 aliphatic rings. The molecule has 0 saturated heterocycles. The van der Waals surface area contributed by atoms with E-state index in [1.807, 2.05) is 0 Å². The highest BCUT2D eigenvalue weighted by molar-refractivity contribution is 5.02. The summed E-state index contributed by atoms with van der Waals surface area (Å²) in [5, 5.41) is 0. The van der Waals surface area contributed by atoms with Crippen LogP contribution in [0.15, 0.2) is 0 Å². The van der Waals surface area contributed by atoms with E-state index in [2.05, 4.69) is 13.8 Å². The minimum atomic E-state index is 0.798. The zero-order valence-electron chi connectivity index (χ0n) is 18.0. The fourth-order valence-electron chi connectivity index (χ4n) is 8.10. The molecule has 0 atom stereocenters. The summed E-state index contributed by atoms with van der Waals surface area (Å²) in [5.41, 5.74) is 1.60. The minimum Gasteiger partial charge on any atom is -0.0654 e. The minimum absolute atomic E-state index is 0.798. The van der Waals surface area contributed by atoms with Crippen molar-refractivity contribution in [3.05, 3.63) is 0 Å². The van der Waals surface area contributed by atoms with E-state index < -0.39 is 0 Å². The van der Waals surface area contributed by atoms with Crippen LogP contribution in [0.25, 0.3) is 0 Å². The normalized spacial score (nSPS) is 46.4. The third kappa shape index (κ3) is 3.77. The standard InChI is InChI=1S/C26H46/c1-3-5-14-25-15-18-26(19-16-25,20-17-25)24-12-10-23(11-13-24)22-8-6-21(4-2)7-9-22/h21-24H,3-20H2,1-2H3/t21-,22-,23-,24-,25?,26?. The van der Waals surface area contributed by atoms with Crippen molar-refractivity contribution in [2.45, 2.75) is 129 Å². The molecule has 5 fully saturated rings. The van der Waals surface area contributed by atoms with Crippen molar-refractivity contribution in [3.8, 4) is 0 Å². The zero-order valence-corrected chi connectivity index (χ0v) is 18.0. The average molecular weight is 359 g/mol. The van der Waals surface area contributed by atoms with E-state index in [1.54, 1.807) is 96.3 Å². The van der Waals surface area contributed by atoms with Crippen molar-refractivity contribution < 1.29 is 0 Å². The molecule has 0 aromatic heterocycles.